The molecule has 0 saturated carbocycles. The highest BCUT2D eigenvalue weighted by atomic mass is 19.1. The number of fused-ring (bicyclic) bond motifs is 1. The molecular weight excluding hydrogens is 241 g/mol. The molecule has 1 N–H and O–H groups in total. The minimum Gasteiger partial charge on any atom is -0.360 e. The zero-order chi connectivity index (χ0) is 13.4. The lowest BCUT2D eigenvalue weighted by atomic mass is 9.99. The lowest BCUT2D eigenvalue weighted by Gasteiger charge is -2.04. The van der Waals surface area contributed by atoms with Gasteiger partial charge in [0, 0.05) is 28.2 Å². The maximum Gasteiger partial charge on any atom is 0.195 e. The van der Waals surface area contributed by atoms with Gasteiger partial charge in [0.15, 0.2) is 5.78 Å². The topological polar surface area (TPSA) is 32.9 Å². The van der Waals surface area contributed by atoms with Crippen molar-refractivity contribution in [1.29, 1.82) is 0 Å². The molecule has 2 aromatic carbocycles. The summed E-state index contributed by atoms with van der Waals surface area (Å²) in [6.07, 6.45) is 1.68. The van der Waals surface area contributed by atoms with Crippen molar-refractivity contribution in [2.45, 2.75) is 6.92 Å². The molecule has 0 aliphatic carbocycles. The molecule has 0 spiro atoms. The van der Waals surface area contributed by atoms with E-state index >= 15 is 0 Å². The first kappa shape index (κ1) is 11.7. The highest BCUT2D eigenvalue weighted by Gasteiger charge is 2.16. The Kier molecular flexibility index (Phi) is 2.67. The predicted octanol–water partition coefficient (Wildman–Crippen LogP) is 3.85. The van der Waals surface area contributed by atoms with Gasteiger partial charge in [-0.15, -0.1) is 0 Å². The van der Waals surface area contributed by atoms with E-state index in [1.165, 1.54) is 12.1 Å². The van der Waals surface area contributed by atoms with Crippen molar-refractivity contribution in [1.82, 2.24) is 4.98 Å². The highest BCUT2D eigenvalue weighted by Crippen LogP contribution is 2.22. The first-order chi connectivity index (χ1) is 9.16. The fourth-order valence-electron chi connectivity index (χ4n) is 2.24. The van der Waals surface area contributed by atoms with E-state index in [0.717, 1.165) is 16.5 Å². The number of hydrogen-bond acceptors (Lipinski definition) is 1. The normalized spacial score (nSPS) is 10.8. The number of benzene rings is 2. The summed E-state index contributed by atoms with van der Waals surface area (Å²) < 4.78 is 13.3. The zero-order valence-electron chi connectivity index (χ0n) is 10.4. The average molecular weight is 253 g/mol. The van der Waals surface area contributed by atoms with Gasteiger partial charge < -0.3 is 4.98 Å². The quantitative estimate of drug-likeness (QED) is 0.691. The van der Waals surface area contributed by atoms with Crippen LogP contribution in [0.2, 0.25) is 0 Å². The first-order valence-corrected chi connectivity index (χ1v) is 6.04. The van der Waals surface area contributed by atoms with Gasteiger partial charge in [0.2, 0.25) is 0 Å². The Morgan fingerprint density at radius 3 is 2.74 bits per heavy atom. The zero-order valence-corrected chi connectivity index (χ0v) is 10.4. The van der Waals surface area contributed by atoms with E-state index < -0.39 is 5.82 Å². The molecule has 19 heavy (non-hydrogen) atoms. The van der Waals surface area contributed by atoms with Crippen LogP contribution in [0.3, 0.4) is 0 Å². The van der Waals surface area contributed by atoms with Gasteiger partial charge in [0.1, 0.15) is 5.82 Å². The summed E-state index contributed by atoms with van der Waals surface area (Å²) in [5.74, 6) is -0.553. The second-order valence-electron chi connectivity index (χ2n) is 4.54. The molecule has 2 nitrogen and oxygen atoms in total. The van der Waals surface area contributed by atoms with Crippen molar-refractivity contribution < 1.29 is 9.18 Å². The summed E-state index contributed by atoms with van der Waals surface area (Å²) in [4.78, 5) is 15.6. The molecular formula is C16H12FNO. The fraction of sp³-hybridized carbons (Fsp3) is 0.0625. The van der Waals surface area contributed by atoms with Gasteiger partial charge in [-0.25, -0.2) is 4.39 Å². The lowest BCUT2D eigenvalue weighted by molar-refractivity contribution is 0.103. The number of aromatic nitrogens is 1. The molecule has 1 aromatic heterocycles. The number of hydrogen-bond donors (Lipinski definition) is 1. The highest BCUT2D eigenvalue weighted by molar-refractivity contribution is 6.16. The molecule has 0 amide bonds. The van der Waals surface area contributed by atoms with Gasteiger partial charge in [0.25, 0.3) is 0 Å². The van der Waals surface area contributed by atoms with Gasteiger partial charge in [0.05, 0.1) is 0 Å². The van der Waals surface area contributed by atoms with Gasteiger partial charge in [-0.2, -0.15) is 0 Å². The number of H-pyrrole nitrogens is 1. The lowest BCUT2D eigenvalue weighted by Crippen LogP contribution is -2.03. The number of rotatable bonds is 2. The molecule has 0 saturated heterocycles. The predicted molar refractivity (Wildman–Crippen MR) is 72.9 cm³/mol. The van der Waals surface area contributed by atoms with E-state index in [2.05, 4.69) is 4.98 Å². The molecule has 1 heterocycles. The number of nitrogens with one attached hydrogen (secondary N) is 1. The molecule has 0 aliphatic heterocycles. The second kappa shape index (κ2) is 4.35. The molecule has 3 rings (SSSR count). The maximum atomic E-state index is 13.3. The number of para-hydroxylation sites is 1. The van der Waals surface area contributed by atoms with E-state index in [-0.39, 0.29) is 5.78 Å². The van der Waals surface area contributed by atoms with Crippen molar-refractivity contribution in [3.63, 3.8) is 0 Å². The van der Waals surface area contributed by atoms with Crippen LogP contribution in [0, 0.1) is 12.7 Å². The molecule has 3 aromatic rings. The summed E-state index contributed by atoms with van der Waals surface area (Å²) >= 11 is 0. The number of aromatic amines is 1. The molecule has 0 radical (unpaired) electrons. The Bertz CT molecular complexity index is 773. The van der Waals surface area contributed by atoms with Crippen LogP contribution in [-0.2, 0) is 0 Å². The van der Waals surface area contributed by atoms with Crippen LogP contribution in [0.15, 0.2) is 48.7 Å². The van der Waals surface area contributed by atoms with Crippen LogP contribution in [-0.4, -0.2) is 10.8 Å². The van der Waals surface area contributed by atoms with E-state index in [1.807, 2.05) is 31.2 Å². The van der Waals surface area contributed by atoms with Gasteiger partial charge >= 0.3 is 0 Å². The van der Waals surface area contributed by atoms with Crippen LogP contribution in [0.5, 0.6) is 0 Å². The number of aryl methyl sites for hydroxylation is 1. The van der Waals surface area contributed by atoms with Crippen molar-refractivity contribution >= 4 is 16.7 Å². The van der Waals surface area contributed by atoms with Gasteiger partial charge in [-0.3, -0.25) is 4.79 Å². The first-order valence-electron chi connectivity index (χ1n) is 6.04. The van der Waals surface area contributed by atoms with Crippen molar-refractivity contribution in [3.05, 3.63) is 71.2 Å². The molecule has 3 heteroatoms. The molecule has 0 bridgehead atoms. The number of carbonyl (C=O) groups is 1. The summed E-state index contributed by atoms with van der Waals surface area (Å²) in [6.45, 7) is 1.81. The number of halogens is 1. The Morgan fingerprint density at radius 1 is 1.11 bits per heavy atom. The minimum atomic E-state index is -0.395. The summed E-state index contributed by atoms with van der Waals surface area (Å²) in [7, 11) is 0. The van der Waals surface area contributed by atoms with Crippen LogP contribution >= 0.6 is 0 Å². The van der Waals surface area contributed by atoms with Crippen LogP contribution in [0.1, 0.15) is 21.5 Å². The maximum absolute atomic E-state index is 13.3. The Balaban J connectivity index is 2.16. The van der Waals surface area contributed by atoms with Crippen LogP contribution < -0.4 is 0 Å². The van der Waals surface area contributed by atoms with E-state index in [4.69, 9.17) is 0 Å². The third-order valence-electron chi connectivity index (χ3n) is 3.28. The molecule has 0 aliphatic rings. The second-order valence-corrected chi connectivity index (χ2v) is 4.54. The van der Waals surface area contributed by atoms with Crippen LogP contribution in [0.4, 0.5) is 4.39 Å². The van der Waals surface area contributed by atoms with E-state index in [1.54, 1.807) is 12.3 Å². The summed E-state index contributed by atoms with van der Waals surface area (Å²) in [5, 5.41) is 0.858. The van der Waals surface area contributed by atoms with Crippen LogP contribution in [0.25, 0.3) is 10.9 Å². The SMILES string of the molecule is Cc1ccc(F)cc1C(=O)c1c[nH]c2ccccc12. The van der Waals surface area contributed by atoms with E-state index in [0.29, 0.717) is 11.1 Å². The fourth-order valence-corrected chi connectivity index (χ4v) is 2.24. The van der Waals surface area contributed by atoms with E-state index in [9.17, 15) is 9.18 Å². The van der Waals surface area contributed by atoms with Crippen molar-refractivity contribution in [2.75, 3.05) is 0 Å². The molecule has 94 valence electrons. The third kappa shape index (κ3) is 1.93. The monoisotopic (exact) mass is 253 g/mol. The standard InChI is InChI=1S/C16H12FNO/c1-10-6-7-11(17)8-13(10)16(19)14-9-18-15-5-3-2-4-12(14)15/h2-9,18H,1H3. The Labute approximate surface area is 109 Å². The largest absolute Gasteiger partial charge is 0.360 e. The molecule has 0 atom stereocenters. The molecule has 0 unspecified atom stereocenters. The van der Waals surface area contributed by atoms with Crippen molar-refractivity contribution in [2.24, 2.45) is 0 Å². The van der Waals surface area contributed by atoms with Crippen molar-refractivity contribution in [3.8, 4) is 0 Å². The van der Waals surface area contributed by atoms with Gasteiger partial charge in [-0.05, 0) is 30.7 Å². The average Bonchev–Trinajstić information content (AvgIpc) is 2.84. The number of ketones is 1. The summed E-state index contributed by atoms with van der Waals surface area (Å²) in [5.41, 5.74) is 2.66. The summed E-state index contributed by atoms with van der Waals surface area (Å²) in [6, 6.07) is 11.8. The smallest absolute Gasteiger partial charge is 0.195 e. The molecule has 0 fully saturated rings. The Morgan fingerprint density at radius 2 is 1.89 bits per heavy atom. The minimum absolute atomic E-state index is 0.158. The Hall–Kier alpha value is -2.42. The van der Waals surface area contributed by atoms with Gasteiger partial charge in [-0.1, -0.05) is 24.3 Å². The number of carbonyl (C=O) groups excluding carboxylic acids is 1. The third-order valence-corrected chi connectivity index (χ3v) is 3.28.